The van der Waals surface area contributed by atoms with E-state index in [0.717, 1.165) is 25.2 Å². The number of rotatable bonds is 3. The summed E-state index contributed by atoms with van der Waals surface area (Å²) in [6.07, 6.45) is 2.32. The Balaban J connectivity index is 2.25. The third-order valence-electron chi connectivity index (χ3n) is 3.78. The first-order chi connectivity index (χ1) is 8.99. The lowest BCUT2D eigenvalue weighted by Gasteiger charge is -2.38. The van der Waals surface area contributed by atoms with E-state index in [1.807, 2.05) is 0 Å². The lowest BCUT2D eigenvalue weighted by Crippen LogP contribution is -2.45. The van der Waals surface area contributed by atoms with Crippen LogP contribution in [-0.4, -0.2) is 44.0 Å². The molecule has 1 fully saturated rings. The van der Waals surface area contributed by atoms with Crippen LogP contribution >= 0.6 is 0 Å². The highest BCUT2D eigenvalue weighted by Gasteiger charge is 2.23. The maximum atomic E-state index is 11.3. The molecule has 0 aromatic heterocycles. The lowest BCUT2D eigenvalue weighted by atomic mass is 10.0. The van der Waals surface area contributed by atoms with E-state index in [1.54, 1.807) is 18.2 Å². The van der Waals surface area contributed by atoms with Crippen molar-refractivity contribution in [1.29, 1.82) is 0 Å². The summed E-state index contributed by atoms with van der Waals surface area (Å²) in [5, 5.41) is 0. The smallest absolute Gasteiger partial charge is 0.248 e. The highest BCUT2D eigenvalue weighted by atomic mass is 16.1. The van der Waals surface area contributed by atoms with Crippen molar-refractivity contribution in [2.45, 2.75) is 18.9 Å². The van der Waals surface area contributed by atoms with Gasteiger partial charge in [-0.05, 0) is 45.1 Å². The SMILES string of the molecule is CN(C)C1CCCN(c2cc(C(N)=O)ccc2N)C1. The number of likely N-dealkylation sites (N-methyl/N-ethyl adjacent to an activating group) is 1. The zero-order valence-electron chi connectivity index (χ0n) is 11.6. The topological polar surface area (TPSA) is 75.6 Å². The monoisotopic (exact) mass is 262 g/mol. The second-order valence-electron chi connectivity index (χ2n) is 5.34. The van der Waals surface area contributed by atoms with Crippen LogP contribution in [0.2, 0.25) is 0 Å². The van der Waals surface area contributed by atoms with Crippen LogP contribution in [0.25, 0.3) is 0 Å². The van der Waals surface area contributed by atoms with Crippen LogP contribution in [0.15, 0.2) is 18.2 Å². The van der Waals surface area contributed by atoms with E-state index in [2.05, 4.69) is 23.9 Å². The second kappa shape index (κ2) is 5.48. The van der Waals surface area contributed by atoms with E-state index in [9.17, 15) is 4.79 Å². The van der Waals surface area contributed by atoms with Crippen molar-refractivity contribution in [3.63, 3.8) is 0 Å². The minimum absolute atomic E-state index is 0.414. The molecule has 2 rings (SSSR count). The average Bonchev–Trinajstić information content (AvgIpc) is 2.39. The molecule has 1 aliphatic heterocycles. The molecule has 5 heteroatoms. The van der Waals surface area contributed by atoms with E-state index >= 15 is 0 Å². The third kappa shape index (κ3) is 2.98. The number of benzene rings is 1. The van der Waals surface area contributed by atoms with Gasteiger partial charge in [-0.1, -0.05) is 0 Å². The Bertz CT molecular complexity index is 473. The molecule has 0 spiro atoms. The van der Waals surface area contributed by atoms with Crippen molar-refractivity contribution in [1.82, 2.24) is 4.90 Å². The van der Waals surface area contributed by atoms with Crippen molar-refractivity contribution >= 4 is 17.3 Å². The molecule has 4 N–H and O–H groups in total. The van der Waals surface area contributed by atoms with Gasteiger partial charge >= 0.3 is 0 Å². The molecular weight excluding hydrogens is 240 g/mol. The molecule has 1 aromatic carbocycles. The van der Waals surface area contributed by atoms with E-state index in [0.29, 0.717) is 17.3 Å². The Morgan fingerprint density at radius 2 is 2.16 bits per heavy atom. The van der Waals surface area contributed by atoms with Gasteiger partial charge in [-0.2, -0.15) is 0 Å². The van der Waals surface area contributed by atoms with Gasteiger partial charge in [-0.3, -0.25) is 4.79 Å². The summed E-state index contributed by atoms with van der Waals surface area (Å²) >= 11 is 0. The van der Waals surface area contributed by atoms with Gasteiger partial charge in [0.25, 0.3) is 0 Å². The van der Waals surface area contributed by atoms with E-state index in [4.69, 9.17) is 11.5 Å². The molecule has 1 unspecified atom stereocenters. The van der Waals surface area contributed by atoms with Gasteiger partial charge in [0.2, 0.25) is 5.91 Å². The zero-order chi connectivity index (χ0) is 14.0. The van der Waals surface area contributed by atoms with Crippen molar-refractivity contribution in [2.24, 2.45) is 5.73 Å². The molecule has 19 heavy (non-hydrogen) atoms. The van der Waals surface area contributed by atoms with Gasteiger partial charge in [0.05, 0.1) is 11.4 Å². The highest BCUT2D eigenvalue weighted by molar-refractivity contribution is 5.95. The summed E-state index contributed by atoms with van der Waals surface area (Å²) in [6.45, 7) is 1.90. The summed E-state index contributed by atoms with van der Waals surface area (Å²) in [6, 6.07) is 5.75. The Morgan fingerprint density at radius 1 is 1.42 bits per heavy atom. The maximum Gasteiger partial charge on any atom is 0.248 e. The van der Waals surface area contributed by atoms with Crippen molar-refractivity contribution in [3.8, 4) is 0 Å². The maximum absolute atomic E-state index is 11.3. The Labute approximate surface area is 114 Å². The first kappa shape index (κ1) is 13.7. The van der Waals surface area contributed by atoms with E-state index < -0.39 is 5.91 Å². The number of piperidine rings is 1. The highest BCUT2D eigenvalue weighted by Crippen LogP contribution is 2.28. The molecular formula is C14H22N4O. The van der Waals surface area contributed by atoms with Crippen molar-refractivity contribution in [3.05, 3.63) is 23.8 Å². The molecule has 0 bridgehead atoms. The van der Waals surface area contributed by atoms with Crippen LogP contribution in [0.4, 0.5) is 11.4 Å². The first-order valence-electron chi connectivity index (χ1n) is 6.59. The quantitative estimate of drug-likeness (QED) is 0.794. The molecule has 1 heterocycles. The molecule has 1 saturated heterocycles. The molecule has 1 aliphatic rings. The standard InChI is InChI=1S/C14H22N4O/c1-17(2)11-4-3-7-18(9-11)13-8-10(14(16)19)5-6-12(13)15/h5-6,8,11H,3-4,7,9,15H2,1-2H3,(H2,16,19). The van der Waals surface area contributed by atoms with Gasteiger partial charge in [-0.25, -0.2) is 0 Å². The first-order valence-corrected chi connectivity index (χ1v) is 6.59. The summed E-state index contributed by atoms with van der Waals surface area (Å²) in [4.78, 5) is 15.8. The summed E-state index contributed by atoms with van der Waals surface area (Å²) in [7, 11) is 4.19. The fourth-order valence-electron chi connectivity index (χ4n) is 2.57. The number of hydrogen-bond donors (Lipinski definition) is 2. The van der Waals surface area contributed by atoms with Crippen LogP contribution in [0.5, 0.6) is 0 Å². The minimum atomic E-state index is -0.414. The minimum Gasteiger partial charge on any atom is -0.397 e. The number of hydrogen-bond acceptors (Lipinski definition) is 4. The van der Waals surface area contributed by atoms with E-state index in [1.165, 1.54) is 6.42 Å². The number of anilines is 2. The molecule has 1 amide bonds. The van der Waals surface area contributed by atoms with E-state index in [-0.39, 0.29) is 0 Å². The van der Waals surface area contributed by atoms with Gasteiger partial charge in [0, 0.05) is 24.7 Å². The molecule has 5 nitrogen and oxygen atoms in total. The van der Waals surface area contributed by atoms with Crippen molar-refractivity contribution in [2.75, 3.05) is 37.8 Å². The normalized spacial score (nSPS) is 19.7. The van der Waals surface area contributed by atoms with Gasteiger partial charge in [0.15, 0.2) is 0 Å². The van der Waals surface area contributed by atoms with Crippen LogP contribution in [0.3, 0.4) is 0 Å². The number of nitrogens with two attached hydrogens (primary N) is 2. The third-order valence-corrected chi connectivity index (χ3v) is 3.78. The summed E-state index contributed by atoms with van der Waals surface area (Å²) in [5.41, 5.74) is 13.5. The predicted octanol–water partition coefficient (Wildman–Crippen LogP) is 0.898. The number of amides is 1. The average molecular weight is 262 g/mol. The summed E-state index contributed by atoms with van der Waals surface area (Å²) in [5.74, 6) is -0.414. The molecule has 1 atom stereocenters. The van der Waals surface area contributed by atoms with Gasteiger partial charge in [-0.15, -0.1) is 0 Å². The van der Waals surface area contributed by atoms with Gasteiger partial charge in [0.1, 0.15) is 0 Å². The van der Waals surface area contributed by atoms with Crippen LogP contribution in [0, 0.1) is 0 Å². The Hall–Kier alpha value is -1.75. The largest absolute Gasteiger partial charge is 0.397 e. The number of nitrogen functional groups attached to an aromatic ring is 1. The molecule has 1 aromatic rings. The molecule has 0 saturated carbocycles. The molecule has 0 radical (unpaired) electrons. The zero-order valence-corrected chi connectivity index (χ0v) is 11.6. The van der Waals surface area contributed by atoms with Crippen LogP contribution in [0.1, 0.15) is 23.2 Å². The number of primary amides is 1. The Kier molecular flexibility index (Phi) is 3.95. The van der Waals surface area contributed by atoms with Crippen LogP contribution in [-0.2, 0) is 0 Å². The predicted molar refractivity (Wildman–Crippen MR) is 78.3 cm³/mol. The number of nitrogens with zero attached hydrogens (tertiary/aromatic N) is 2. The van der Waals surface area contributed by atoms with Gasteiger partial charge < -0.3 is 21.3 Å². The van der Waals surface area contributed by atoms with Crippen molar-refractivity contribution < 1.29 is 4.79 Å². The molecule has 0 aliphatic carbocycles. The summed E-state index contributed by atoms with van der Waals surface area (Å²) < 4.78 is 0. The molecule has 104 valence electrons. The van der Waals surface area contributed by atoms with Crippen LogP contribution < -0.4 is 16.4 Å². The second-order valence-corrected chi connectivity index (χ2v) is 5.34. The fraction of sp³-hybridized carbons (Fsp3) is 0.500. The lowest BCUT2D eigenvalue weighted by molar-refractivity contribution is 0.100. The number of carbonyl (C=O) groups is 1. The Morgan fingerprint density at radius 3 is 2.79 bits per heavy atom. The fourth-order valence-corrected chi connectivity index (χ4v) is 2.57. The number of carbonyl (C=O) groups excluding carboxylic acids is 1.